The van der Waals surface area contributed by atoms with E-state index >= 15 is 0 Å². The number of carbonyl (C=O) groups is 3. The molecule has 1 rings (SSSR count). The zero-order valence-corrected chi connectivity index (χ0v) is 13.1. The molecule has 116 valence electrons. The fourth-order valence-electron chi connectivity index (χ4n) is 2.19. The molecule has 1 aromatic rings. The number of amides is 1. The van der Waals surface area contributed by atoms with Gasteiger partial charge in [-0.1, -0.05) is 0 Å². The largest absolute Gasteiger partial charge is 0.481 e. The zero-order chi connectivity index (χ0) is 16.4. The summed E-state index contributed by atoms with van der Waals surface area (Å²) < 4.78 is 0. The summed E-state index contributed by atoms with van der Waals surface area (Å²) in [4.78, 5) is 37.5. The van der Waals surface area contributed by atoms with E-state index in [-0.39, 0.29) is 18.2 Å². The number of hydrogen-bond acceptors (Lipinski definition) is 3. The van der Waals surface area contributed by atoms with Crippen molar-refractivity contribution < 1.29 is 19.5 Å². The first-order valence-corrected chi connectivity index (χ1v) is 6.79. The van der Waals surface area contributed by atoms with E-state index in [1.165, 1.54) is 6.92 Å². The van der Waals surface area contributed by atoms with Gasteiger partial charge in [0.2, 0.25) is 0 Å². The highest BCUT2D eigenvalue weighted by Crippen LogP contribution is 2.20. The second kappa shape index (κ2) is 6.11. The molecule has 0 unspecified atom stereocenters. The second-order valence-electron chi connectivity index (χ2n) is 5.88. The Morgan fingerprint density at radius 2 is 1.81 bits per heavy atom. The van der Waals surface area contributed by atoms with Crippen LogP contribution in [0.4, 0.5) is 0 Å². The summed E-state index contributed by atoms with van der Waals surface area (Å²) in [6.07, 6.45) is 0.326. The van der Waals surface area contributed by atoms with Gasteiger partial charge < -0.3 is 15.4 Å². The Balaban J connectivity index is 2.76. The van der Waals surface area contributed by atoms with Crippen molar-refractivity contribution in [2.75, 3.05) is 6.54 Å². The van der Waals surface area contributed by atoms with E-state index in [1.807, 2.05) is 0 Å². The second-order valence-corrected chi connectivity index (χ2v) is 5.88. The van der Waals surface area contributed by atoms with Crippen LogP contribution in [0.5, 0.6) is 0 Å². The molecule has 1 aromatic heterocycles. The third kappa shape index (κ3) is 3.71. The van der Waals surface area contributed by atoms with Crippen molar-refractivity contribution in [2.45, 2.75) is 41.0 Å². The first-order chi connectivity index (χ1) is 9.58. The molecule has 1 amide bonds. The number of carbonyl (C=O) groups excluding carboxylic acids is 2. The van der Waals surface area contributed by atoms with Crippen molar-refractivity contribution in [3.63, 3.8) is 0 Å². The van der Waals surface area contributed by atoms with Gasteiger partial charge in [-0.2, -0.15) is 0 Å². The molecule has 0 aliphatic heterocycles. The Bertz CT molecular complexity index is 585. The highest BCUT2D eigenvalue weighted by atomic mass is 16.4. The minimum atomic E-state index is -0.900. The van der Waals surface area contributed by atoms with Gasteiger partial charge in [-0.25, -0.2) is 0 Å². The Hall–Kier alpha value is -2.11. The summed E-state index contributed by atoms with van der Waals surface area (Å²) in [6, 6.07) is 0. The summed E-state index contributed by atoms with van der Waals surface area (Å²) in [5.74, 6) is -1.32. The summed E-state index contributed by atoms with van der Waals surface area (Å²) >= 11 is 0. The number of Topliss-reactive ketones (excluding diaryl/α,β-unsaturated/α-hetero) is 1. The molecule has 0 saturated carbocycles. The van der Waals surface area contributed by atoms with Crippen LogP contribution >= 0.6 is 0 Å². The monoisotopic (exact) mass is 294 g/mol. The van der Waals surface area contributed by atoms with E-state index in [1.54, 1.807) is 27.7 Å². The van der Waals surface area contributed by atoms with E-state index in [2.05, 4.69) is 10.3 Å². The number of H-pyrrole nitrogens is 1. The topological polar surface area (TPSA) is 99.3 Å². The number of aliphatic carboxylic acids is 1. The van der Waals surface area contributed by atoms with E-state index in [9.17, 15) is 14.4 Å². The molecule has 0 radical (unpaired) electrons. The minimum Gasteiger partial charge on any atom is -0.481 e. The van der Waals surface area contributed by atoms with E-state index in [4.69, 9.17) is 5.11 Å². The number of carboxylic acid groups (broad SMARTS) is 1. The van der Waals surface area contributed by atoms with Crippen LogP contribution in [0, 0.1) is 19.3 Å². The van der Waals surface area contributed by atoms with Gasteiger partial charge in [-0.3, -0.25) is 14.4 Å². The molecule has 0 spiro atoms. The van der Waals surface area contributed by atoms with Gasteiger partial charge >= 0.3 is 5.97 Å². The fraction of sp³-hybridized carbons (Fsp3) is 0.533. The number of aromatic nitrogens is 1. The third-order valence-corrected chi connectivity index (χ3v) is 3.63. The van der Waals surface area contributed by atoms with Gasteiger partial charge in [0.15, 0.2) is 5.78 Å². The van der Waals surface area contributed by atoms with Crippen LogP contribution in [0.2, 0.25) is 0 Å². The predicted octanol–water partition coefficient (Wildman–Crippen LogP) is 2.06. The molecule has 0 fully saturated rings. The standard InChI is InChI=1S/C15H22N2O4/c1-8-11(10(3)18)9(2)17-12(8)13(19)16-7-6-15(4,5)14(20)21/h17H,6-7H2,1-5H3,(H,16,19)(H,20,21). The Kier molecular flexibility index (Phi) is 4.93. The van der Waals surface area contributed by atoms with Crippen molar-refractivity contribution >= 4 is 17.7 Å². The number of ketones is 1. The van der Waals surface area contributed by atoms with Gasteiger partial charge in [-0.05, 0) is 46.6 Å². The first kappa shape index (κ1) is 16.9. The van der Waals surface area contributed by atoms with Crippen molar-refractivity contribution in [1.82, 2.24) is 10.3 Å². The molecule has 0 bridgehead atoms. The highest BCUT2D eigenvalue weighted by molar-refractivity contribution is 6.02. The molecule has 6 heteroatoms. The van der Waals surface area contributed by atoms with Gasteiger partial charge in [0.1, 0.15) is 5.69 Å². The molecule has 6 nitrogen and oxygen atoms in total. The fourth-order valence-corrected chi connectivity index (χ4v) is 2.19. The predicted molar refractivity (Wildman–Crippen MR) is 78.6 cm³/mol. The van der Waals surface area contributed by atoms with Crippen LogP contribution in [-0.2, 0) is 4.79 Å². The molecule has 0 aliphatic rings. The smallest absolute Gasteiger partial charge is 0.309 e. The molecule has 21 heavy (non-hydrogen) atoms. The van der Waals surface area contributed by atoms with Gasteiger partial charge in [0.25, 0.3) is 5.91 Å². The quantitative estimate of drug-likeness (QED) is 0.699. The number of aromatic amines is 1. The van der Waals surface area contributed by atoms with Crippen molar-refractivity contribution in [3.05, 3.63) is 22.5 Å². The average molecular weight is 294 g/mol. The number of rotatable bonds is 6. The molecule has 0 saturated heterocycles. The molecule has 0 atom stereocenters. The maximum Gasteiger partial charge on any atom is 0.309 e. The normalized spacial score (nSPS) is 11.3. The number of nitrogens with one attached hydrogen (secondary N) is 2. The van der Waals surface area contributed by atoms with Gasteiger partial charge in [0, 0.05) is 17.8 Å². The summed E-state index contributed by atoms with van der Waals surface area (Å²) in [6.45, 7) is 8.40. The lowest BCUT2D eigenvalue weighted by Crippen LogP contribution is -2.32. The Morgan fingerprint density at radius 1 is 1.24 bits per heavy atom. The van der Waals surface area contributed by atoms with Gasteiger partial charge in [0.05, 0.1) is 5.41 Å². The van der Waals surface area contributed by atoms with Crippen molar-refractivity contribution in [3.8, 4) is 0 Å². The summed E-state index contributed by atoms with van der Waals surface area (Å²) in [5.41, 5.74) is 1.28. The maximum atomic E-state index is 12.1. The molecular formula is C15H22N2O4. The number of carboxylic acids is 1. The Labute approximate surface area is 123 Å². The van der Waals surface area contributed by atoms with Crippen LogP contribution < -0.4 is 5.32 Å². The molecule has 0 aliphatic carbocycles. The van der Waals surface area contributed by atoms with Crippen molar-refractivity contribution in [2.24, 2.45) is 5.41 Å². The van der Waals surface area contributed by atoms with Crippen LogP contribution in [0.15, 0.2) is 0 Å². The SMILES string of the molecule is CC(=O)c1c(C)[nH]c(C(=O)NCCC(C)(C)C(=O)O)c1C. The third-order valence-electron chi connectivity index (χ3n) is 3.63. The van der Waals surface area contributed by atoms with Crippen LogP contribution in [0.1, 0.15) is 59.3 Å². The lowest BCUT2D eigenvalue weighted by atomic mass is 9.90. The van der Waals surface area contributed by atoms with E-state index in [0.717, 1.165) is 0 Å². The van der Waals surface area contributed by atoms with E-state index < -0.39 is 11.4 Å². The molecule has 1 heterocycles. The van der Waals surface area contributed by atoms with Crippen LogP contribution in [-0.4, -0.2) is 34.3 Å². The van der Waals surface area contributed by atoms with Crippen molar-refractivity contribution in [1.29, 1.82) is 0 Å². The maximum absolute atomic E-state index is 12.1. The summed E-state index contributed by atoms with van der Waals surface area (Å²) in [7, 11) is 0. The molecule has 3 N–H and O–H groups in total. The summed E-state index contributed by atoms with van der Waals surface area (Å²) in [5, 5.41) is 11.7. The van der Waals surface area contributed by atoms with E-state index in [0.29, 0.717) is 28.9 Å². The lowest BCUT2D eigenvalue weighted by Gasteiger charge is -2.18. The first-order valence-electron chi connectivity index (χ1n) is 6.79. The number of aryl methyl sites for hydroxylation is 1. The van der Waals surface area contributed by atoms with Gasteiger partial charge in [-0.15, -0.1) is 0 Å². The van der Waals surface area contributed by atoms with Crippen LogP contribution in [0.3, 0.4) is 0 Å². The minimum absolute atomic E-state index is 0.0905. The van der Waals surface area contributed by atoms with Crippen LogP contribution in [0.25, 0.3) is 0 Å². The lowest BCUT2D eigenvalue weighted by molar-refractivity contribution is -0.147. The Morgan fingerprint density at radius 3 is 2.24 bits per heavy atom. The average Bonchev–Trinajstić information content (AvgIpc) is 2.64. The molecule has 0 aromatic carbocycles. The zero-order valence-electron chi connectivity index (χ0n) is 13.1. The highest BCUT2D eigenvalue weighted by Gasteiger charge is 2.27. The molecular weight excluding hydrogens is 272 g/mol. The number of hydrogen-bond donors (Lipinski definition) is 3.